The van der Waals surface area contributed by atoms with Crippen molar-refractivity contribution in [1.29, 1.82) is 5.41 Å². The second-order valence-corrected chi connectivity index (χ2v) is 7.04. The van der Waals surface area contributed by atoms with Crippen molar-refractivity contribution in [2.24, 2.45) is 5.73 Å². The number of methoxy groups -OCH3 is 1. The van der Waals surface area contributed by atoms with Crippen LogP contribution in [0.2, 0.25) is 0 Å². The fraction of sp³-hybridized carbons (Fsp3) is 0.0833. The maximum absolute atomic E-state index is 11.9. The van der Waals surface area contributed by atoms with Gasteiger partial charge < -0.3 is 20.6 Å². The number of amidine groups is 1. The predicted octanol–water partition coefficient (Wildman–Crippen LogP) is 4.42. The lowest BCUT2D eigenvalue weighted by Gasteiger charge is -2.13. The molecule has 0 bridgehead atoms. The Bertz CT molecular complexity index is 1270. The van der Waals surface area contributed by atoms with E-state index in [1.54, 1.807) is 18.2 Å². The van der Waals surface area contributed by atoms with E-state index in [0.29, 0.717) is 23.3 Å². The van der Waals surface area contributed by atoms with Crippen molar-refractivity contribution >= 4 is 22.7 Å². The first kappa shape index (κ1) is 19.3. The molecular weight excluding hydrogens is 378 g/mol. The molecule has 0 fully saturated rings. The normalized spacial score (nSPS) is 10.8. The van der Waals surface area contributed by atoms with E-state index in [1.165, 1.54) is 7.11 Å². The van der Waals surface area contributed by atoms with Crippen LogP contribution in [0.1, 0.15) is 27.0 Å². The van der Waals surface area contributed by atoms with Gasteiger partial charge in [0.15, 0.2) is 0 Å². The molecule has 3 aromatic carbocycles. The van der Waals surface area contributed by atoms with E-state index < -0.39 is 5.97 Å². The van der Waals surface area contributed by atoms with Crippen LogP contribution >= 0.6 is 0 Å². The molecule has 4 aromatic rings. The van der Waals surface area contributed by atoms with Crippen LogP contribution in [0.15, 0.2) is 66.9 Å². The van der Waals surface area contributed by atoms with E-state index in [-0.39, 0.29) is 11.4 Å². The zero-order chi connectivity index (χ0) is 21.3. The monoisotopic (exact) mass is 399 g/mol. The number of aromatic amines is 1. The molecule has 150 valence electrons. The first-order valence-electron chi connectivity index (χ1n) is 9.42. The first-order valence-corrected chi connectivity index (χ1v) is 9.42. The van der Waals surface area contributed by atoms with E-state index in [2.05, 4.69) is 4.98 Å². The highest BCUT2D eigenvalue weighted by Gasteiger charge is 2.17. The molecule has 0 saturated carbocycles. The van der Waals surface area contributed by atoms with Crippen LogP contribution in [-0.4, -0.2) is 29.0 Å². The summed E-state index contributed by atoms with van der Waals surface area (Å²) in [6.07, 6.45) is 2.54. The average molecular weight is 399 g/mol. The summed E-state index contributed by atoms with van der Waals surface area (Å²) >= 11 is 0. The van der Waals surface area contributed by atoms with Crippen molar-refractivity contribution in [3.05, 3.63) is 89.1 Å². The summed E-state index contributed by atoms with van der Waals surface area (Å²) in [6.45, 7) is 0. The van der Waals surface area contributed by atoms with Gasteiger partial charge in [-0.3, -0.25) is 5.41 Å². The van der Waals surface area contributed by atoms with Gasteiger partial charge in [-0.1, -0.05) is 24.3 Å². The number of hydrogen-bond acceptors (Lipinski definition) is 3. The Morgan fingerprint density at radius 2 is 1.87 bits per heavy atom. The summed E-state index contributed by atoms with van der Waals surface area (Å²) in [5.41, 5.74) is 11.0. The molecule has 4 rings (SSSR count). The van der Waals surface area contributed by atoms with Crippen LogP contribution in [0.3, 0.4) is 0 Å². The van der Waals surface area contributed by atoms with Gasteiger partial charge in [-0.2, -0.15) is 0 Å². The number of fused-ring (bicyclic) bond motifs is 1. The maximum Gasteiger partial charge on any atom is 0.336 e. The molecule has 6 heteroatoms. The highest BCUT2D eigenvalue weighted by Crippen LogP contribution is 2.32. The summed E-state index contributed by atoms with van der Waals surface area (Å²) in [5.74, 6) is -0.479. The topological polar surface area (TPSA) is 112 Å². The van der Waals surface area contributed by atoms with Gasteiger partial charge in [0.2, 0.25) is 0 Å². The summed E-state index contributed by atoms with van der Waals surface area (Å²) in [6, 6.07) is 18.5. The van der Waals surface area contributed by atoms with Crippen LogP contribution in [0.4, 0.5) is 0 Å². The zero-order valence-corrected chi connectivity index (χ0v) is 16.4. The molecule has 1 heterocycles. The number of carbonyl (C=O) groups is 1. The lowest BCUT2D eigenvalue weighted by Crippen LogP contribution is -2.10. The molecule has 30 heavy (non-hydrogen) atoms. The van der Waals surface area contributed by atoms with Gasteiger partial charge in [0, 0.05) is 29.1 Å². The quantitative estimate of drug-likeness (QED) is 0.284. The number of rotatable bonds is 6. The summed E-state index contributed by atoms with van der Waals surface area (Å²) in [4.78, 5) is 15.1. The van der Waals surface area contributed by atoms with Crippen molar-refractivity contribution in [3.63, 3.8) is 0 Å². The Balaban J connectivity index is 1.81. The van der Waals surface area contributed by atoms with E-state index in [1.807, 2.05) is 48.7 Å². The third-order valence-electron chi connectivity index (χ3n) is 5.22. The van der Waals surface area contributed by atoms with Crippen molar-refractivity contribution < 1.29 is 14.6 Å². The highest BCUT2D eigenvalue weighted by atomic mass is 16.5. The number of hydrogen-bond donors (Lipinski definition) is 4. The number of nitrogen functional groups attached to an aromatic ring is 1. The molecule has 6 nitrogen and oxygen atoms in total. The minimum Gasteiger partial charge on any atom is -0.497 e. The van der Waals surface area contributed by atoms with Gasteiger partial charge in [0.05, 0.1) is 12.7 Å². The van der Waals surface area contributed by atoms with E-state index in [0.717, 1.165) is 27.6 Å². The van der Waals surface area contributed by atoms with Crippen molar-refractivity contribution in [2.75, 3.05) is 7.11 Å². The zero-order valence-electron chi connectivity index (χ0n) is 16.4. The number of aromatic nitrogens is 1. The smallest absolute Gasteiger partial charge is 0.336 e. The van der Waals surface area contributed by atoms with Gasteiger partial charge in [0.1, 0.15) is 11.6 Å². The molecule has 5 N–H and O–H groups in total. The standard InChI is InChI=1S/C24H21N3O3/c1-30-17-7-8-19(21(12-17)24(28)29)18-5-3-2-4-14(18)10-16-13-27-22-9-6-15(23(25)26)11-20(16)22/h2-9,11-13,27H,10H2,1H3,(H3,25,26)(H,28,29). The third kappa shape index (κ3) is 3.51. The molecule has 0 spiro atoms. The van der Waals surface area contributed by atoms with Gasteiger partial charge in [-0.05, 0) is 58.7 Å². The number of carboxylic acid groups (broad SMARTS) is 1. The predicted molar refractivity (Wildman–Crippen MR) is 118 cm³/mol. The summed E-state index contributed by atoms with van der Waals surface area (Å²) in [7, 11) is 1.51. The van der Waals surface area contributed by atoms with Gasteiger partial charge in [0.25, 0.3) is 0 Å². The Hall–Kier alpha value is -4.06. The number of nitrogens with one attached hydrogen (secondary N) is 2. The number of H-pyrrole nitrogens is 1. The molecule has 0 unspecified atom stereocenters. The van der Waals surface area contributed by atoms with Gasteiger partial charge in [-0.15, -0.1) is 0 Å². The molecule has 0 saturated heterocycles. The number of ether oxygens (including phenoxy) is 1. The van der Waals surface area contributed by atoms with E-state index in [4.69, 9.17) is 15.9 Å². The van der Waals surface area contributed by atoms with Crippen LogP contribution in [0.25, 0.3) is 22.0 Å². The van der Waals surface area contributed by atoms with Crippen molar-refractivity contribution in [3.8, 4) is 16.9 Å². The van der Waals surface area contributed by atoms with Gasteiger partial charge >= 0.3 is 5.97 Å². The molecule has 0 radical (unpaired) electrons. The Labute approximate surface area is 173 Å². The maximum atomic E-state index is 11.9. The second-order valence-electron chi connectivity index (χ2n) is 7.04. The Morgan fingerprint density at radius 1 is 1.07 bits per heavy atom. The molecular formula is C24H21N3O3. The lowest BCUT2D eigenvalue weighted by atomic mass is 9.91. The third-order valence-corrected chi connectivity index (χ3v) is 5.22. The van der Waals surface area contributed by atoms with Crippen LogP contribution in [-0.2, 0) is 6.42 Å². The fourth-order valence-electron chi connectivity index (χ4n) is 3.70. The minimum absolute atomic E-state index is 0.0220. The van der Waals surface area contributed by atoms with Crippen LogP contribution in [0, 0.1) is 5.41 Å². The highest BCUT2D eigenvalue weighted by molar-refractivity contribution is 6.00. The minimum atomic E-state index is -1.00. The number of carboxylic acids is 1. The lowest BCUT2D eigenvalue weighted by molar-refractivity contribution is 0.0697. The van der Waals surface area contributed by atoms with Crippen LogP contribution < -0.4 is 10.5 Å². The largest absolute Gasteiger partial charge is 0.497 e. The second kappa shape index (κ2) is 7.75. The first-order chi connectivity index (χ1) is 14.5. The van der Waals surface area contributed by atoms with Crippen molar-refractivity contribution in [2.45, 2.75) is 6.42 Å². The molecule has 0 aliphatic carbocycles. The van der Waals surface area contributed by atoms with E-state index in [9.17, 15) is 9.90 Å². The number of aromatic carboxylic acids is 1. The SMILES string of the molecule is COc1ccc(-c2ccccc2Cc2c[nH]c3ccc(C(=N)N)cc23)c(C(=O)O)c1. The molecule has 0 atom stereocenters. The molecule has 0 aliphatic rings. The van der Waals surface area contributed by atoms with E-state index >= 15 is 0 Å². The van der Waals surface area contributed by atoms with Crippen molar-refractivity contribution in [1.82, 2.24) is 4.98 Å². The number of nitrogens with two attached hydrogens (primary N) is 1. The molecule has 1 aromatic heterocycles. The Kier molecular flexibility index (Phi) is 4.98. The molecule has 0 amide bonds. The summed E-state index contributed by atoms with van der Waals surface area (Å²) in [5, 5.41) is 18.4. The molecule has 0 aliphatic heterocycles. The number of benzene rings is 3. The fourth-order valence-corrected chi connectivity index (χ4v) is 3.70. The average Bonchev–Trinajstić information content (AvgIpc) is 3.15. The summed E-state index contributed by atoms with van der Waals surface area (Å²) < 4.78 is 5.20. The van der Waals surface area contributed by atoms with Crippen LogP contribution in [0.5, 0.6) is 5.75 Å². The Morgan fingerprint density at radius 3 is 2.60 bits per heavy atom. The van der Waals surface area contributed by atoms with Gasteiger partial charge in [-0.25, -0.2) is 4.79 Å².